The van der Waals surface area contributed by atoms with Crippen LogP contribution in [0.25, 0.3) is 0 Å². The van der Waals surface area contributed by atoms with Crippen molar-refractivity contribution in [3.05, 3.63) is 53.3 Å². The normalized spacial score (nSPS) is 9.94. The summed E-state index contributed by atoms with van der Waals surface area (Å²) in [6.07, 6.45) is 1.40. The predicted molar refractivity (Wildman–Crippen MR) is 62.7 cm³/mol. The van der Waals surface area contributed by atoms with Crippen molar-refractivity contribution in [1.82, 2.24) is 4.98 Å². The van der Waals surface area contributed by atoms with Crippen molar-refractivity contribution in [2.24, 2.45) is 0 Å². The number of ether oxygens (including phenoxy) is 1. The van der Waals surface area contributed by atoms with Gasteiger partial charge in [-0.05, 0) is 36.4 Å². The summed E-state index contributed by atoms with van der Waals surface area (Å²) < 4.78 is 5.42. The SMILES string of the molecule is O=C(O)c1ncccc1Oc1ccc(Cl)cc1. The summed E-state index contributed by atoms with van der Waals surface area (Å²) in [5.41, 5.74) is -0.123. The minimum absolute atomic E-state index is 0.123. The van der Waals surface area contributed by atoms with E-state index < -0.39 is 5.97 Å². The van der Waals surface area contributed by atoms with E-state index in [1.165, 1.54) is 6.20 Å². The fourth-order valence-corrected chi connectivity index (χ4v) is 1.39. The third kappa shape index (κ3) is 2.73. The number of rotatable bonds is 3. The van der Waals surface area contributed by atoms with Gasteiger partial charge in [0.1, 0.15) is 5.75 Å². The monoisotopic (exact) mass is 249 g/mol. The molecule has 2 aromatic rings. The molecule has 0 atom stereocenters. The van der Waals surface area contributed by atoms with Crippen LogP contribution in [-0.4, -0.2) is 16.1 Å². The lowest BCUT2D eigenvalue weighted by atomic mass is 10.3. The quantitative estimate of drug-likeness (QED) is 0.907. The highest BCUT2D eigenvalue weighted by Gasteiger charge is 2.12. The van der Waals surface area contributed by atoms with Gasteiger partial charge in [0.15, 0.2) is 11.4 Å². The maximum absolute atomic E-state index is 10.9. The van der Waals surface area contributed by atoms with Crippen LogP contribution in [0, 0.1) is 0 Å². The van der Waals surface area contributed by atoms with E-state index in [1.807, 2.05) is 0 Å². The Kier molecular flexibility index (Phi) is 3.25. The number of benzene rings is 1. The van der Waals surface area contributed by atoms with E-state index in [-0.39, 0.29) is 11.4 Å². The summed E-state index contributed by atoms with van der Waals surface area (Å²) >= 11 is 5.73. The summed E-state index contributed by atoms with van der Waals surface area (Å²) in [5, 5.41) is 9.51. The Bertz CT molecular complexity index is 540. The summed E-state index contributed by atoms with van der Waals surface area (Å²) in [5.74, 6) is -0.429. The Hall–Kier alpha value is -2.07. The van der Waals surface area contributed by atoms with E-state index in [1.54, 1.807) is 36.4 Å². The second-order valence-corrected chi connectivity index (χ2v) is 3.65. The van der Waals surface area contributed by atoms with Gasteiger partial charge in [-0.2, -0.15) is 0 Å². The maximum atomic E-state index is 10.9. The molecule has 1 aromatic heterocycles. The van der Waals surface area contributed by atoms with Crippen LogP contribution >= 0.6 is 11.6 Å². The second-order valence-electron chi connectivity index (χ2n) is 3.21. The molecule has 5 heteroatoms. The molecule has 0 aliphatic heterocycles. The molecule has 17 heavy (non-hydrogen) atoms. The van der Waals surface area contributed by atoms with E-state index in [0.717, 1.165) is 0 Å². The van der Waals surface area contributed by atoms with Crippen LogP contribution in [0.2, 0.25) is 5.02 Å². The summed E-state index contributed by atoms with van der Waals surface area (Å²) in [6.45, 7) is 0. The zero-order valence-corrected chi connectivity index (χ0v) is 9.39. The van der Waals surface area contributed by atoms with Gasteiger partial charge in [0.25, 0.3) is 0 Å². The van der Waals surface area contributed by atoms with E-state index in [4.69, 9.17) is 21.4 Å². The van der Waals surface area contributed by atoms with Gasteiger partial charge in [-0.3, -0.25) is 0 Å². The average Bonchev–Trinajstić information content (AvgIpc) is 2.32. The molecule has 0 spiro atoms. The Labute approximate surface area is 102 Å². The van der Waals surface area contributed by atoms with E-state index in [2.05, 4.69) is 4.98 Å². The van der Waals surface area contributed by atoms with Crippen molar-refractivity contribution in [3.63, 3.8) is 0 Å². The number of carbonyl (C=O) groups is 1. The molecule has 0 radical (unpaired) electrons. The van der Waals surface area contributed by atoms with Crippen LogP contribution in [-0.2, 0) is 0 Å². The Morgan fingerprint density at radius 2 is 1.94 bits per heavy atom. The molecule has 0 unspecified atom stereocenters. The number of pyridine rings is 1. The second kappa shape index (κ2) is 4.84. The van der Waals surface area contributed by atoms with E-state index in [9.17, 15) is 4.79 Å². The first kappa shape index (κ1) is 11.4. The lowest BCUT2D eigenvalue weighted by molar-refractivity contribution is 0.0687. The molecule has 1 aromatic carbocycles. The lowest BCUT2D eigenvalue weighted by Gasteiger charge is -2.07. The topological polar surface area (TPSA) is 59.4 Å². The van der Waals surface area contributed by atoms with E-state index >= 15 is 0 Å². The molecule has 0 aliphatic rings. The highest BCUT2D eigenvalue weighted by molar-refractivity contribution is 6.30. The number of hydrogen-bond donors (Lipinski definition) is 1. The fraction of sp³-hybridized carbons (Fsp3) is 0. The number of carboxylic acids is 1. The highest BCUT2D eigenvalue weighted by atomic mass is 35.5. The molecule has 1 N–H and O–H groups in total. The van der Waals surface area contributed by atoms with Gasteiger partial charge in [-0.15, -0.1) is 0 Å². The van der Waals surface area contributed by atoms with Crippen LogP contribution in [0.5, 0.6) is 11.5 Å². The first-order chi connectivity index (χ1) is 8.16. The zero-order valence-electron chi connectivity index (χ0n) is 8.63. The third-order valence-corrected chi connectivity index (χ3v) is 2.27. The molecule has 86 valence electrons. The number of carboxylic acid groups (broad SMARTS) is 1. The first-order valence-electron chi connectivity index (χ1n) is 4.78. The van der Waals surface area contributed by atoms with Crippen LogP contribution in [0.15, 0.2) is 42.6 Å². The molecule has 4 nitrogen and oxygen atoms in total. The molecule has 0 saturated carbocycles. The number of aromatic carboxylic acids is 1. The van der Waals surface area contributed by atoms with Crippen LogP contribution in [0.1, 0.15) is 10.5 Å². The van der Waals surface area contributed by atoms with Crippen LogP contribution in [0.3, 0.4) is 0 Å². The lowest BCUT2D eigenvalue weighted by Crippen LogP contribution is -2.02. The molecular formula is C12H8ClNO3. The number of hydrogen-bond acceptors (Lipinski definition) is 3. The van der Waals surface area contributed by atoms with Crippen molar-refractivity contribution >= 4 is 17.6 Å². The van der Waals surface area contributed by atoms with Crippen molar-refractivity contribution < 1.29 is 14.6 Å². The van der Waals surface area contributed by atoms with Gasteiger partial charge >= 0.3 is 5.97 Å². The molecule has 0 fully saturated rings. The van der Waals surface area contributed by atoms with Crippen LogP contribution in [0.4, 0.5) is 0 Å². The third-order valence-electron chi connectivity index (χ3n) is 2.01. The molecule has 0 amide bonds. The molecule has 0 saturated heterocycles. The van der Waals surface area contributed by atoms with Gasteiger partial charge in [0.2, 0.25) is 0 Å². The van der Waals surface area contributed by atoms with Gasteiger partial charge in [0, 0.05) is 11.2 Å². The van der Waals surface area contributed by atoms with Gasteiger partial charge < -0.3 is 9.84 Å². The van der Waals surface area contributed by atoms with Crippen LogP contribution < -0.4 is 4.74 Å². The number of aromatic nitrogens is 1. The average molecular weight is 250 g/mol. The zero-order chi connectivity index (χ0) is 12.3. The standard InChI is InChI=1S/C12H8ClNO3/c13-8-3-5-9(6-4-8)17-10-2-1-7-14-11(10)12(15)16/h1-7H,(H,15,16). The molecule has 1 heterocycles. The van der Waals surface area contributed by atoms with Crippen molar-refractivity contribution in [2.75, 3.05) is 0 Å². The molecule has 0 aliphatic carbocycles. The Balaban J connectivity index is 2.30. The fourth-order valence-electron chi connectivity index (χ4n) is 1.26. The predicted octanol–water partition coefficient (Wildman–Crippen LogP) is 3.23. The van der Waals surface area contributed by atoms with Crippen molar-refractivity contribution in [3.8, 4) is 11.5 Å². The van der Waals surface area contributed by atoms with Crippen molar-refractivity contribution in [2.45, 2.75) is 0 Å². The maximum Gasteiger partial charge on any atom is 0.358 e. The summed E-state index contributed by atoms with van der Waals surface area (Å²) in [7, 11) is 0. The van der Waals surface area contributed by atoms with Crippen molar-refractivity contribution in [1.29, 1.82) is 0 Å². The molecule has 2 rings (SSSR count). The smallest absolute Gasteiger partial charge is 0.358 e. The summed E-state index contributed by atoms with van der Waals surface area (Å²) in [6, 6.07) is 9.78. The minimum atomic E-state index is -1.13. The first-order valence-corrected chi connectivity index (χ1v) is 5.16. The number of halogens is 1. The van der Waals surface area contributed by atoms with Gasteiger partial charge in [-0.25, -0.2) is 9.78 Å². The largest absolute Gasteiger partial charge is 0.476 e. The highest BCUT2D eigenvalue weighted by Crippen LogP contribution is 2.24. The van der Waals surface area contributed by atoms with E-state index in [0.29, 0.717) is 10.8 Å². The summed E-state index contributed by atoms with van der Waals surface area (Å²) in [4.78, 5) is 14.6. The van der Waals surface area contributed by atoms with Gasteiger partial charge in [0.05, 0.1) is 0 Å². The molecule has 0 bridgehead atoms. The van der Waals surface area contributed by atoms with Gasteiger partial charge in [-0.1, -0.05) is 11.6 Å². The molecular weight excluding hydrogens is 242 g/mol. The Morgan fingerprint density at radius 3 is 2.59 bits per heavy atom. The number of nitrogens with zero attached hydrogens (tertiary/aromatic N) is 1. The Morgan fingerprint density at radius 1 is 1.24 bits per heavy atom. The minimum Gasteiger partial charge on any atom is -0.476 e.